The maximum Gasteiger partial charge on any atom is 0.170 e. The lowest BCUT2D eigenvalue weighted by atomic mass is 9.91. The standard InChI is InChI=1S/C21H25O2P/c1-21(2,3)16-19-20(14-15-23-19)24(22,17-10-6-4-7-11-17)18-12-8-5-9-13-18/h4-13H,14-16H2,1-3H3. The van der Waals surface area contributed by atoms with Gasteiger partial charge < -0.3 is 9.30 Å². The average molecular weight is 340 g/mol. The van der Waals surface area contributed by atoms with Crippen molar-refractivity contribution in [2.75, 3.05) is 6.61 Å². The van der Waals surface area contributed by atoms with Gasteiger partial charge in [-0.15, -0.1) is 0 Å². The second-order valence-corrected chi connectivity index (χ2v) is 10.3. The Balaban J connectivity index is 2.19. The van der Waals surface area contributed by atoms with E-state index in [1.165, 1.54) is 0 Å². The van der Waals surface area contributed by atoms with E-state index in [-0.39, 0.29) is 5.41 Å². The molecule has 0 N–H and O–H groups in total. The summed E-state index contributed by atoms with van der Waals surface area (Å²) in [5, 5.41) is 2.78. The van der Waals surface area contributed by atoms with E-state index >= 15 is 0 Å². The summed E-state index contributed by atoms with van der Waals surface area (Å²) in [6.45, 7) is 7.20. The predicted molar refractivity (Wildman–Crippen MR) is 101 cm³/mol. The number of rotatable bonds is 4. The summed E-state index contributed by atoms with van der Waals surface area (Å²) in [4.78, 5) is 0. The molecule has 1 heterocycles. The Hall–Kier alpha value is -1.79. The van der Waals surface area contributed by atoms with E-state index in [0.717, 1.165) is 34.5 Å². The van der Waals surface area contributed by atoms with Gasteiger partial charge in [-0.25, -0.2) is 0 Å². The Morgan fingerprint density at radius 3 is 1.88 bits per heavy atom. The van der Waals surface area contributed by atoms with E-state index in [2.05, 4.69) is 20.8 Å². The fraction of sp³-hybridized carbons (Fsp3) is 0.333. The highest BCUT2D eigenvalue weighted by Gasteiger charge is 2.37. The van der Waals surface area contributed by atoms with Crippen molar-refractivity contribution in [2.45, 2.75) is 33.6 Å². The molecule has 0 saturated heterocycles. The highest BCUT2D eigenvalue weighted by Crippen LogP contribution is 2.57. The van der Waals surface area contributed by atoms with Crippen LogP contribution >= 0.6 is 7.14 Å². The monoisotopic (exact) mass is 340 g/mol. The van der Waals surface area contributed by atoms with Crippen molar-refractivity contribution in [3.8, 4) is 0 Å². The maximum absolute atomic E-state index is 14.4. The Kier molecular flexibility index (Phi) is 4.69. The summed E-state index contributed by atoms with van der Waals surface area (Å²) in [6.07, 6.45) is 1.55. The van der Waals surface area contributed by atoms with Gasteiger partial charge in [-0.3, -0.25) is 0 Å². The van der Waals surface area contributed by atoms with Gasteiger partial charge in [0.15, 0.2) is 7.14 Å². The smallest absolute Gasteiger partial charge is 0.170 e. The molecule has 3 heteroatoms. The molecule has 3 rings (SSSR count). The van der Waals surface area contributed by atoms with E-state index < -0.39 is 7.14 Å². The molecule has 2 aromatic carbocycles. The van der Waals surface area contributed by atoms with Crippen LogP contribution < -0.4 is 10.6 Å². The van der Waals surface area contributed by atoms with E-state index in [4.69, 9.17) is 4.74 Å². The molecule has 0 radical (unpaired) electrons. The van der Waals surface area contributed by atoms with Gasteiger partial charge in [-0.1, -0.05) is 81.4 Å². The molecule has 24 heavy (non-hydrogen) atoms. The van der Waals surface area contributed by atoms with Crippen molar-refractivity contribution in [3.05, 3.63) is 71.7 Å². The first-order valence-corrected chi connectivity index (χ1v) is 10.2. The first-order chi connectivity index (χ1) is 11.4. The first kappa shape index (κ1) is 17.0. The molecule has 1 aliphatic rings. The third-order valence-corrected chi connectivity index (χ3v) is 7.53. The molecule has 0 aliphatic carbocycles. The third kappa shape index (κ3) is 3.35. The Bertz CT molecular complexity index is 727. The SMILES string of the molecule is CC(C)(C)CC1=C(P(=O)(c2ccccc2)c2ccccc2)CCO1. The van der Waals surface area contributed by atoms with Crippen LogP contribution in [0.25, 0.3) is 0 Å². The molecule has 2 aromatic rings. The van der Waals surface area contributed by atoms with Crippen LogP contribution in [0.2, 0.25) is 0 Å². The van der Waals surface area contributed by atoms with Crippen molar-refractivity contribution in [2.24, 2.45) is 5.41 Å². The molecule has 0 spiro atoms. The molecule has 0 bridgehead atoms. The summed E-state index contributed by atoms with van der Waals surface area (Å²) in [5.41, 5.74) is 0.100. The first-order valence-electron chi connectivity index (χ1n) is 8.48. The van der Waals surface area contributed by atoms with E-state index in [9.17, 15) is 4.57 Å². The number of allylic oxidation sites excluding steroid dienone is 1. The van der Waals surface area contributed by atoms with Crippen LogP contribution in [0.1, 0.15) is 33.6 Å². The van der Waals surface area contributed by atoms with E-state index in [1.807, 2.05) is 60.7 Å². The van der Waals surface area contributed by atoms with Gasteiger partial charge in [0.25, 0.3) is 0 Å². The van der Waals surface area contributed by atoms with Gasteiger partial charge in [0.1, 0.15) is 5.76 Å². The average Bonchev–Trinajstić information content (AvgIpc) is 3.02. The van der Waals surface area contributed by atoms with Crippen LogP contribution in [0.4, 0.5) is 0 Å². The normalized spacial score (nSPS) is 15.5. The van der Waals surface area contributed by atoms with Crippen LogP contribution in [-0.2, 0) is 9.30 Å². The van der Waals surface area contributed by atoms with Gasteiger partial charge in [-0.05, 0) is 5.41 Å². The molecule has 0 atom stereocenters. The zero-order chi connectivity index (χ0) is 17.2. The minimum atomic E-state index is -2.86. The lowest BCUT2D eigenvalue weighted by Gasteiger charge is -2.24. The summed E-state index contributed by atoms with van der Waals surface area (Å²) in [5.74, 6) is 0.929. The second-order valence-electron chi connectivity index (χ2n) is 7.49. The molecule has 0 amide bonds. The summed E-state index contributed by atoms with van der Waals surface area (Å²) >= 11 is 0. The van der Waals surface area contributed by atoms with E-state index in [0.29, 0.717) is 6.61 Å². The van der Waals surface area contributed by atoms with E-state index in [1.54, 1.807) is 0 Å². The predicted octanol–water partition coefficient (Wildman–Crippen LogP) is 5.07. The lowest BCUT2D eigenvalue weighted by Crippen LogP contribution is -2.18. The van der Waals surface area contributed by atoms with Crippen molar-refractivity contribution < 1.29 is 9.30 Å². The van der Waals surface area contributed by atoms with Crippen LogP contribution in [0.5, 0.6) is 0 Å². The fourth-order valence-corrected chi connectivity index (χ4v) is 6.20. The molecular formula is C21H25O2P. The highest BCUT2D eigenvalue weighted by molar-refractivity contribution is 7.82. The van der Waals surface area contributed by atoms with Gasteiger partial charge in [0.2, 0.25) is 0 Å². The topological polar surface area (TPSA) is 26.3 Å². The molecule has 0 unspecified atom stereocenters. The molecule has 0 fully saturated rings. The van der Waals surface area contributed by atoms with Crippen molar-refractivity contribution in [1.29, 1.82) is 0 Å². The lowest BCUT2D eigenvalue weighted by molar-refractivity contribution is 0.207. The van der Waals surface area contributed by atoms with Crippen molar-refractivity contribution in [1.82, 2.24) is 0 Å². The Morgan fingerprint density at radius 2 is 1.42 bits per heavy atom. The zero-order valence-electron chi connectivity index (χ0n) is 14.7. The number of hydrogen-bond donors (Lipinski definition) is 0. The molecule has 0 saturated carbocycles. The van der Waals surface area contributed by atoms with Crippen LogP contribution in [0.3, 0.4) is 0 Å². The summed E-state index contributed by atoms with van der Waals surface area (Å²) in [6, 6.07) is 19.7. The van der Waals surface area contributed by atoms with Crippen LogP contribution in [-0.4, -0.2) is 6.61 Å². The van der Waals surface area contributed by atoms with Crippen molar-refractivity contribution in [3.63, 3.8) is 0 Å². The third-order valence-electron chi connectivity index (χ3n) is 4.25. The Morgan fingerprint density at radius 1 is 0.917 bits per heavy atom. The molecule has 0 aromatic heterocycles. The number of benzene rings is 2. The number of ether oxygens (including phenoxy) is 1. The summed E-state index contributed by atoms with van der Waals surface area (Å²) in [7, 11) is -2.86. The second kappa shape index (κ2) is 6.61. The van der Waals surface area contributed by atoms with Crippen LogP contribution in [0, 0.1) is 5.41 Å². The van der Waals surface area contributed by atoms with Crippen molar-refractivity contribution >= 4 is 17.8 Å². The fourth-order valence-electron chi connectivity index (χ4n) is 3.20. The highest BCUT2D eigenvalue weighted by atomic mass is 31.2. The minimum Gasteiger partial charge on any atom is -0.497 e. The summed E-state index contributed by atoms with van der Waals surface area (Å²) < 4.78 is 20.3. The molecular weight excluding hydrogens is 315 g/mol. The van der Waals surface area contributed by atoms with Gasteiger partial charge in [-0.2, -0.15) is 0 Å². The minimum absolute atomic E-state index is 0.100. The molecule has 126 valence electrons. The molecule has 1 aliphatic heterocycles. The van der Waals surface area contributed by atoms with Gasteiger partial charge in [0, 0.05) is 28.8 Å². The van der Waals surface area contributed by atoms with Crippen LogP contribution in [0.15, 0.2) is 71.7 Å². The zero-order valence-corrected chi connectivity index (χ0v) is 15.6. The largest absolute Gasteiger partial charge is 0.497 e. The maximum atomic E-state index is 14.4. The molecule has 2 nitrogen and oxygen atoms in total. The van der Waals surface area contributed by atoms with Gasteiger partial charge >= 0.3 is 0 Å². The number of hydrogen-bond acceptors (Lipinski definition) is 2. The Labute approximate surface area is 144 Å². The van der Waals surface area contributed by atoms with Gasteiger partial charge in [0.05, 0.1) is 6.61 Å². The quantitative estimate of drug-likeness (QED) is 0.727.